The van der Waals surface area contributed by atoms with Crippen LogP contribution in [0.1, 0.15) is 83.3 Å². The fraction of sp³-hybridized carbons (Fsp3) is 0.467. The van der Waals surface area contributed by atoms with Crippen molar-refractivity contribution in [1.82, 2.24) is 0 Å². The van der Waals surface area contributed by atoms with Gasteiger partial charge in [0.1, 0.15) is 0 Å². The summed E-state index contributed by atoms with van der Waals surface area (Å²) in [6.07, 6.45) is 10.7. The Labute approximate surface area is 183 Å². The van der Waals surface area contributed by atoms with E-state index in [2.05, 4.69) is 81.4 Å². The monoisotopic (exact) mass is 396 g/mol. The number of fused-ring (bicyclic) bond motifs is 1. The highest BCUT2D eigenvalue weighted by Crippen LogP contribution is 2.63. The van der Waals surface area contributed by atoms with Crippen LogP contribution in [0.4, 0.5) is 0 Å². The maximum Gasteiger partial charge on any atom is 0.0354 e. The molecule has 3 aliphatic rings. The summed E-state index contributed by atoms with van der Waals surface area (Å²) in [6.45, 7) is 7.45. The van der Waals surface area contributed by atoms with Crippen molar-refractivity contribution in [2.45, 2.75) is 77.6 Å². The normalized spacial score (nSPS) is 20.4. The first kappa shape index (κ1) is 19.9. The second-order valence-corrected chi connectivity index (χ2v) is 10.6. The Morgan fingerprint density at radius 3 is 1.37 bits per heavy atom. The van der Waals surface area contributed by atoms with E-state index in [1.54, 1.807) is 22.3 Å². The van der Waals surface area contributed by atoms with Gasteiger partial charge in [0.15, 0.2) is 0 Å². The minimum atomic E-state index is -0.0398. The van der Waals surface area contributed by atoms with E-state index in [1.165, 1.54) is 62.5 Å². The lowest BCUT2D eigenvalue weighted by atomic mass is 9.50. The fourth-order valence-electron chi connectivity index (χ4n) is 7.12. The van der Waals surface area contributed by atoms with Gasteiger partial charge in [-0.2, -0.15) is 0 Å². The Kier molecular flexibility index (Phi) is 5.00. The van der Waals surface area contributed by atoms with Gasteiger partial charge in [-0.1, -0.05) is 92.6 Å². The molecule has 2 aromatic carbocycles. The van der Waals surface area contributed by atoms with Crippen molar-refractivity contribution in [3.63, 3.8) is 0 Å². The average Bonchev–Trinajstić information content (AvgIpc) is 3.10. The predicted molar refractivity (Wildman–Crippen MR) is 128 cm³/mol. The zero-order valence-electron chi connectivity index (χ0n) is 19.0. The Morgan fingerprint density at radius 1 is 0.567 bits per heavy atom. The van der Waals surface area contributed by atoms with E-state index < -0.39 is 0 Å². The Balaban J connectivity index is 1.85. The molecule has 0 nitrogen and oxygen atoms in total. The van der Waals surface area contributed by atoms with Crippen LogP contribution in [0.5, 0.6) is 0 Å². The van der Waals surface area contributed by atoms with Crippen LogP contribution in [-0.2, 0) is 5.41 Å². The molecule has 0 spiro atoms. The molecule has 0 aliphatic heterocycles. The molecular formula is C30H36. The quantitative estimate of drug-likeness (QED) is 0.488. The van der Waals surface area contributed by atoms with Crippen molar-refractivity contribution in [1.29, 1.82) is 0 Å². The summed E-state index contributed by atoms with van der Waals surface area (Å²) < 4.78 is 0. The summed E-state index contributed by atoms with van der Waals surface area (Å²) in [6, 6.07) is 23.0. The minimum Gasteiger partial charge on any atom is -0.0622 e. The fourth-order valence-corrected chi connectivity index (χ4v) is 7.12. The largest absolute Gasteiger partial charge is 0.0622 e. The number of benzene rings is 2. The molecule has 0 fully saturated rings. The van der Waals surface area contributed by atoms with Crippen molar-refractivity contribution >= 4 is 0 Å². The van der Waals surface area contributed by atoms with Crippen LogP contribution in [0.15, 0.2) is 83.0 Å². The van der Waals surface area contributed by atoms with Crippen molar-refractivity contribution in [2.75, 3.05) is 0 Å². The highest BCUT2D eigenvalue weighted by molar-refractivity contribution is 5.59. The molecule has 0 amide bonds. The lowest BCUT2D eigenvalue weighted by molar-refractivity contribution is 0.178. The molecule has 0 atom stereocenters. The average molecular weight is 397 g/mol. The van der Waals surface area contributed by atoms with Gasteiger partial charge >= 0.3 is 0 Å². The first-order valence-corrected chi connectivity index (χ1v) is 12.1. The van der Waals surface area contributed by atoms with Crippen molar-refractivity contribution in [2.24, 2.45) is 11.3 Å². The van der Waals surface area contributed by atoms with Gasteiger partial charge in [0, 0.05) is 11.3 Å². The third-order valence-corrected chi connectivity index (χ3v) is 8.16. The van der Waals surface area contributed by atoms with Crippen LogP contribution < -0.4 is 0 Å². The van der Waals surface area contributed by atoms with Gasteiger partial charge in [-0.3, -0.25) is 0 Å². The molecule has 0 N–H and O–H groups in total. The molecule has 3 aliphatic carbocycles. The predicted octanol–water partition coefficient (Wildman–Crippen LogP) is 8.39. The molecule has 0 unspecified atom stereocenters. The molecule has 30 heavy (non-hydrogen) atoms. The standard InChI is InChI=1S/C30H36/c1-29(2,3)30(22-14-6-4-7-15-22,23-16-8-5-9-17-23)28-26-20-12-10-18-24(26)25-19-11-13-21-27(25)28/h4-9,14-17,28H,10-13,18-21H2,1-3H3. The van der Waals surface area contributed by atoms with Gasteiger partial charge in [-0.25, -0.2) is 0 Å². The molecule has 5 rings (SSSR count). The van der Waals surface area contributed by atoms with Crippen molar-refractivity contribution in [3.05, 3.63) is 94.1 Å². The van der Waals surface area contributed by atoms with E-state index in [1.807, 2.05) is 0 Å². The topological polar surface area (TPSA) is 0 Å². The Hall–Kier alpha value is -2.08. The van der Waals surface area contributed by atoms with E-state index in [0.29, 0.717) is 5.92 Å². The summed E-state index contributed by atoms with van der Waals surface area (Å²) in [5.41, 5.74) is 10.2. The molecule has 0 heterocycles. The molecule has 2 aromatic rings. The second-order valence-electron chi connectivity index (χ2n) is 10.6. The number of allylic oxidation sites excluding steroid dienone is 4. The van der Waals surface area contributed by atoms with Crippen molar-refractivity contribution in [3.8, 4) is 0 Å². The zero-order valence-corrected chi connectivity index (χ0v) is 19.0. The molecule has 0 aromatic heterocycles. The lowest BCUT2D eigenvalue weighted by Crippen LogP contribution is -2.48. The Morgan fingerprint density at radius 2 is 0.967 bits per heavy atom. The van der Waals surface area contributed by atoms with Crippen LogP contribution in [-0.4, -0.2) is 0 Å². The van der Waals surface area contributed by atoms with E-state index in [0.717, 1.165) is 0 Å². The zero-order chi connectivity index (χ0) is 20.8. The molecule has 0 saturated heterocycles. The summed E-state index contributed by atoms with van der Waals surface area (Å²) in [4.78, 5) is 0. The number of hydrogen-bond acceptors (Lipinski definition) is 0. The minimum absolute atomic E-state index is 0.0398. The Bertz CT molecular complexity index is 894. The van der Waals surface area contributed by atoms with Gasteiger partial charge < -0.3 is 0 Å². The lowest BCUT2D eigenvalue weighted by Gasteiger charge is -2.52. The molecule has 156 valence electrons. The summed E-state index contributed by atoms with van der Waals surface area (Å²) in [5.74, 6) is 0.521. The maximum absolute atomic E-state index is 2.48. The maximum atomic E-state index is 2.48. The van der Waals surface area contributed by atoms with E-state index >= 15 is 0 Å². The smallest absolute Gasteiger partial charge is 0.0354 e. The third kappa shape index (κ3) is 2.87. The molecule has 0 bridgehead atoms. The van der Waals surface area contributed by atoms with Crippen LogP contribution in [0.3, 0.4) is 0 Å². The number of hydrogen-bond donors (Lipinski definition) is 0. The molecule has 0 radical (unpaired) electrons. The van der Waals surface area contributed by atoms with E-state index in [-0.39, 0.29) is 10.8 Å². The van der Waals surface area contributed by atoms with Crippen LogP contribution in [0.25, 0.3) is 0 Å². The highest BCUT2D eigenvalue weighted by Gasteiger charge is 2.55. The molecule has 0 heteroatoms. The summed E-state index contributed by atoms with van der Waals surface area (Å²) in [7, 11) is 0. The van der Waals surface area contributed by atoms with Crippen LogP contribution in [0, 0.1) is 11.3 Å². The first-order valence-electron chi connectivity index (χ1n) is 12.1. The first-order chi connectivity index (χ1) is 14.5. The summed E-state index contributed by atoms with van der Waals surface area (Å²) >= 11 is 0. The van der Waals surface area contributed by atoms with Crippen molar-refractivity contribution < 1.29 is 0 Å². The molecular weight excluding hydrogens is 360 g/mol. The number of rotatable bonds is 3. The SMILES string of the molecule is CC(C)(C)C(c1ccccc1)(c1ccccc1)C1C2=C(CCCC2)C2=C1CCCC2. The van der Waals surface area contributed by atoms with E-state index in [9.17, 15) is 0 Å². The molecule has 0 saturated carbocycles. The summed E-state index contributed by atoms with van der Waals surface area (Å²) in [5, 5.41) is 0. The highest BCUT2D eigenvalue weighted by atomic mass is 14.6. The van der Waals surface area contributed by atoms with Gasteiger partial charge in [-0.15, -0.1) is 0 Å². The van der Waals surface area contributed by atoms with Gasteiger partial charge in [0.2, 0.25) is 0 Å². The second kappa shape index (κ2) is 7.56. The van der Waals surface area contributed by atoms with Crippen LogP contribution in [0.2, 0.25) is 0 Å². The van der Waals surface area contributed by atoms with Gasteiger partial charge in [0.25, 0.3) is 0 Å². The van der Waals surface area contributed by atoms with E-state index in [4.69, 9.17) is 0 Å². The van der Waals surface area contributed by atoms with Gasteiger partial charge in [-0.05, 0) is 79.1 Å². The van der Waals surface area contributed by atoms with Gasteiger partial charge in [0.05, 0.1) is 0 Å². The third-order valence-electron chi connectivity index (χ3n) is 8.16. The van der Waals surface area contributed by atoms with Crippen LogP contribution >= 0.6 is 0 Å².